The molecule has 148 valence electrons. The number of carbonyl (C=O) groups is 3. The van der Waals surface area contributed by atoms with Crippen molar-refractivity contribution in [3.8, 4) is 0 Å². The summed E-state index contributed by atoms with van der Waals surface area (Å²) in [6.45, 7) is 4.43. The molecule has 1 aliphatic heterocycles. The van der Waals surface area contributed by atoms with Gasteiger partial charge in [-0.05, 0) is 19.1 Å². The molecule has 1 aliphatic rings. The summed E-state index contributed by atoms with van der Waals surface area (Å²) in [6.07, 6.45) is 1.48. The topological polar surface area (TPSA) is 96.1 Å². The quantitative estimate of drug-likeness (QED) is 0.686. The molecular formula is C20H25N4O4+. The van der Waals surface area contributed by atoms with Crippen LogP contribution in [-0.4, -0.2) is 55.5 Å². The lowest BCUT2D eigenvalue weighted by atomic mass is 10.0. The van der Waals surface area contributed by atoms with E-state index < -0.39 is 12.1 Å². The van der Waals surface area contributed by atoms with Crippen LogP contribution in [0.15, 0.2) is 53.1 Å². The van der Waals surface area contributed by atoms with E-state index in [1.165, 1.54) is 6.26 Å². The first-order valence-electron chi connectivity index (χ1n) is 9.41. The molecule has 4 amide bonds. The molecule has 2 heterocycles. The predicted octanol–water partition coefficient (Wildman–Crippen LogP) is 0.207. The van der Waals surface area contributed by atoms with E-state index in [1.807, 2.05) is 30.3 Å². The number of urea groups is 1. The van der Waals surface area contributed by atoms with Crippen LogP contribution >= 0.6 is 0 Å². The monoisotopic (exact) mass is 385 g/mol. The van der Waals surface area contributed by atoms with Gasteiger partial charge in [-0.25, -0.2) is 4.79 Å². The van der Waals surface area contributed by atoms with E-state index in [0.717, 1.165) is 10.5 Å². The van der Waals surface area contributed by atoms with Crippen LogP contribution in [0.2, 0.25) is 0 Å². The number of hydrogen-bond acceptors (Lipinski definition) is 4. The van der Waals surface area contributed by atoms with E-state index >= 15 is 0 Å². The fourth-order valence-corrected chi connectivity index (χ4v) is 3.45. The van der Waals surface area contributed by atoms with E-state index in [2.05, 4.69) is 10.6 Å². The van der Waals surface area contributed by atoms with E-state index in [9.17, 15) is 14.4 Å². The van der Waals surface area contributed by atoms with Gasteiger partial charge in [0, 0.05) is 12.1 Å². The molecule has 1 saturated heterocycles. The van der Waals surface area contributed by atoms with Crippen LogP contribution in [0.1, 0.15) is 29.1 Å². The molecule has 28 heavy (non-hydrogen) atoms. The van der Waals surface area contributed by atoms with Gasteiger partial charge in [-0.3, -0.25) is 14.9 Å². The van der Waals surface area contributed by atoms with Crippen LogP contribution in [0, 0.1) is 0 Å². The van der Waals surface area contributed by atoms with Crippen LogP contribution < -0.4 is 15.5 Å². The zero-order valence-electron chi connectivity index (χ0n) is 15.8. The second-order valence-electron chi connectivity index (χ2n) is 6.62. The van der Waals surface area contributed by atoms with Gasteiger partial charge in [-0.1, -0.05) is 30.3 Å². The maximum absolute atomic E-state index is 12.8. The van der Waals surface area contributed by atoms with Gasteiger partial charge in [-0.15, -0.1) is 0 Å². The third-order valence-electron chi connectivity index (χ3n) is 4.80. The second-order valence-corrected chi connectivity index (χ2v) is 6.62. The van der Waals surface area contributed by atoms with E-state index in [-0.39, 0.29) is 11.8 Å². The zero-order valence-corrected chi connectivity index (χ0v) is 15.8. The van der Waals surface area contributed by atoms with Gasteiger partial charge in [0.1, 0.15) is 0 Å². The molecule has 0 saturated carbocycles. The Morgan fingerprint density at radius 2 is 1.82 bits per heavy atom. The summed E-state index contributed by atoms with van der Waals surface area (Å²) in [4.78, 5) is 39.9. The van der Waals surface area contributed by atoms with Crippen molar-refractivity contribution >= 4 is 17.8 Å². The molecule has 0 spiro atoms. The molecule has 3 N–H and O–H groups in total. The van der Waals surface area contributed by atoms with Crippen molar-refractivity contribution in [3.63, 3.8) is 0 Å². The van der Waals surface area contributed by atoms with Crippen LogP contribution in [0.25, 0.3) is 0 Å². The highest BCUT2D eigenvalue weighted by molar-refractivity contribution is 5.96. The van der Waals surface area contributed by atoms with Gasteiger partial charge in [0.2, 0.25) is 0 Å². The van der Waals surface area contributed by atoms with E-state index in [1.54, 1.807) is 24.0 Å². The molecule has 0 bridgehead atoms. The maximum Gasteiger partial charge on any atom is 0.321 e. The minimum Gasteiger partial charge on any atom is -0.459 e. The highest BCUT2D eigenvalue weighted by atomic mass is 16.3. The van der Waals surface area contributed by atoms with Gasteiger partial charge in [0.15, 0.2) is 11.8 Å². The number of carbonyl (C=O) groups excluding carboxylic acids is 3. The molecule has 3 rings (SSSR count). The van der Waals surface area contributed by atoms with Crippen LogP contribution in [0.4, 0.5) is 4.79 Å². The molecule has 2 aromatic rings. The lowest BCUT2D eigenvalue weighted by molar-refractivity contribution is -0.925. The van der Waals surface area contributed by atoms with Crippen LogP contribution in [0.5, 0.6) is 0 Å². The average Bonchev–Trinajstić information content (AvgIpc) is 3.24. The molecule has 1 atom stereocenters. The third-order valence-corrected chi connectivity index (χ3v) is 4.80. The molecule has 0 unspecified atom stereocenters. The molecular weight excluding hydrogens is 360 g/mol. The number of nitrogens with one attached hydrogen (secondary N) is 3. The normalized spacial score (nSPS) is 15.7. The van der Waals surface area contributed by atoms with Crippen LogP contribution in [-0.2, 0) is 4.79 Å². The van der Waals surface area contributed by atoms with Gasteiger partial charge in [-0.2, -0.15) is 0 Å². The number of amides is 4. The Bertz CT molecular complexity index is 799. The third kappa shape index (κ3) is 4.58. The number of nitrogens with zero attached hydrogens (tertiary/aromatic N) is 1. The number of furan rings is 1. The number of rotatable bonds is 5. The Hall–Kier alpha value is -3.13. The summed E-state index contributed by atoms with van der Waals surface area (Å²) in [5.41, 5.74) is 0.838. The molecule has 1 aromatic carbocycles. The standard InChI is InChI=1S/C20H24N4O4/c1-2-21-20(27)22-18(25)17(15-7-4-3-5-8-15)23-10-12-24(13-11-23)19(26)16-9-6-14-28-16/h3-9,14,17H,2,10-13H2,1H3,(H2,21,22,25,27)/p+1/t17-/m0/s1. The lowest BCUT2D eigenvalue weighted by Crippen LogP contribution is -3.16. The van der Waals surface area contributed by atoms with Crippen molar-refractivity contribution in [1.29, 1.82) is 0 Å². The SMILES string of the molecule is CCNC(=O)NC(=O)[C@H](c1ccccc1)[NH+]1CCN(C(=O)c2ccco2)CC1. The van der Waals surface area contributed by atoms with E-state index in [0.29, 0.717) is 38.5 Å². The van der Waals surface area contributed by atoms with Gasteiger partial charge < -0.3 is 19.5 Å². The number of hydrogen-bond donors (Lipinski definition) is 3. The summed E-state index contributed by atoms with van der Waals surface area (Å²) < 4.78 is 5.19. The molecule has 8 nitrogen and oxygen atoms in total. The summed E-state index contributed by atoms with van der Waals surface area (Å²) in [7, 11) is 0. The minimum atomic E-state index is -0.523. The number of quaternary nitrogens is 1. The summed E-state index contributed by atoms with van der Waals surface area (Å²) in [5, 5.41) is 5.01. The lowest BCUT2D eigenvalue weighted by Gasteiger charge is -2.35. The Kier molecular flexibility index (Phi) is 6.44. The zero-order chi connectivity index (χ0) is 19.9. The average molecular weight is 385 g/mol. The van der Waals surface area contributed by atoms with Crippen molar-refractivity contribution < 1.29 is 23.7 Å². The molecule has 1 fully saturated rings. The maximum atomic E-state index is 12.8. The first-order chi connectivity index (χ1) is 13.6. The van der Waals surface area contributed by atoms with Gasteiger partial charge in [0.05, 0.1) is 32.4 Å². The fourth-order valence-electron chi connectivity index (χ4n) is 3.45. The smallest absolute Gasteiger partial charge is 0.321 e. The van der Waals surface area contributed by atoms with Gasteiger partial charge in [0.25, 0.3) is 11.8 Å². The second kappa shape index (κ2) is 9.18. The highest BCUT2D eigenvalue weighted by Gasteiger charge is 2.36. The first-order valence-corrected chi connectivity index (χ1v) is 9.41. The van der Waals surface area contributed by atoms with Crippen molar-refractivity contribution in [2.45, 2.75) is 13.0 Å². The van der Waals surface area contributed by atoms with E-state index in [4.69, 9.17) is 4.42 Å². The highest BCUT2D eigenvalue weighted by Crippen LogP contribution is 2.11. The summed E-state index contributed by atoms with van der Waals surface area (Å²) >= 11 is 0. The number of benzene rings is 1. The first kappa shape index (κ1) is 19.6. The fraction of sp³-hybridized carbons (Fsp3) is 0.350. The Balaban J connectivity index is 1.70. The van der Waals surface area contributed by atoms with Crippen molar-refractivity contribution in [3.05, 3.63) is 60.1 Å². The summed E-state index contributed by atoms with van der Waals surface area (Å²) in [6, 6.07) is 11.7. The Morgan fingerprint density at radius 1 is 1.11 bits per heavy atom. The van der Waals surface area contributed by atoms with Crippen LogP contribution in [0.3, 0.4) is 0 Å². The number of piperazine rings is 1. The van der Waals surface area contributed by atoms with Crippen molar-refractivity contribution in [1.82, 2.24) is 15.5 Å². The predicted molar refractivity (Wildman–Crippen MR) is 102 cm³/mol. The largest absolute Gasteiger partial charge is 0.459 e. The molecule has 8 heteroatoms. The summed E-state index contributed by atoms with van der Waals surface area (Å²) in [5.74, 6) is -0.179. The van der Waals surface area contributed by atoms with Crippen molar-refractivity contribution in [2.24, 2.45) is 0 Å². The Morgan fingerprint density at radius 3 is 2.43 bits per heavy atom. The Labute approximate surface area is 163 Å². The minimum absolute atomic E-state index is 0.146. The number of imide groups is 1. The van der Waals surface area contributed by atoms with Gasteiger partial charge >= 0.3 is 6.03 Å². The molecule has 0 radical (unpaired) electrons. The molecule has 1 aromatic heterocycles. The molecule has 0 aliphatic carbocycles. The van der Waals surface area contributed by atoms with Crippen molar-refractivity contribution in [2.75, 3.05) is 32.7 Å².